The molecule has 1 saturated heterocycles. The minimum absolute atomic E-state index is 0.0366. The SMILES string of the molecule is COC[C@@H]1CN(C(=O)c2noc(-c3cnc4c(c3N[C@H]3[C@@H]5CC6C[C@H]3C[C@@](O)(C6)C5)CCN4)n2)CCO1. The number of rotatable bonds is 6. The molecule has 0 spiro atoms. The number of carbonyl (C=O) groups excluding carboxylic acids is 1. The Morgan fingerprint density at radius 1 is 1.32 bits per heavy atom. The highest BCUT2D eigenvalue weighted by Gasteiger charge is 2.55. The highest BCUT2D eigenvalue weighted by Crippen LogP contribution is 2.56. The van der Waals surface area contributed by atoms with Gasteiger partial charge < -0.3 is 34.6 Å². The number of amides is 1. The lowest BCUT2D eigenvalue weighted by Gasteiger charge is -2.58. The average molecular weight is 511 g/mol. The van der Waals surface area contributed by atoms with Crippen molar-refractivity contribution < 1.29 is 23.9 Å². The van der Waals surface area contributed by atoms with E-state index < -0.39 is 5.60 Å². The number of hydrogen-bond acceptors (Lipinski definition) is 10. The second-order valence-corrected chi connectivity index (χ2v) is 11.5. The van der Waals surface area contributed by atoms with Crippen LogP contribution in [0, 0.1) is 17.8 Å². The third kappa shape index (κ3) is 4.07. The van der Waals surface area contributed by atoms with Gasteiger partial charge in [0.15, 0.2) is 0 Å². The van der Waals surface area contributed by atoms with Gasteiger partial charge in [-0.15, -0.1) is 0 Å². The third-order valence-electron chi connectivity index (χ3n) is 9.03. The van der Waals surface area contributed by atoms with Gasteiger partial charge in [0.25, 0.3) is 17.6 Å². The number of ether oxygens (including phenoxy) is 2. The Hall–Kier alpha value is -2.76. The molecule has 11 heteroatoms. The van der Waals surface area contributed by atoms with E-state index in [1.807, 2.05) is 0 Å². The molecule has 0 radical (unpaired) electrons. The van der Waals surface area contributed by atoms with E-state index in [0.717, 1.165) is 54.9 Å². The van der Waals surface area contributed by atoms with Crippen LogP contribution in [0.1, 0.15) is 48.3 Å². The molecule has 3 N–H and O–H groups in total. The van der Waals surface area contributed by atoms with Gasteiger partial charge in [-0.2, -0.15) is 4.98 Å². The fourth-order valence-corrected chi connectivity index (χ4v) is 7.72. The number of fused-ring (bicyclic) bond motifs is 1. The number of nitrogens with one attached hydrogen (secondary N) is 2. The summed E-state index contributed by atoms with van der Waals surface area (Å²) in [7, 11) is 1.62. The molecule has 6 aliphatic rings. The van der Waals surface area contributed by atoms with E-state index in [-0.39, 0.29) is 29.8 Å². The number of pyridine rings is 1. The van der Waals surface area contributed by atoms with Gasteiger partial charge in [0.05, 0.1) is 36.2 Å². The van der Waals surface area contributed by atoms with Gasteiger partial charge in [0, 0.05) is 44.5 Å². The zero-order valence-electron chi connectivity index (χ0n) is 21.1. The highest BCUT2D eigenvalue weighted by molar-refractivity contribution is 5.91. The highest BCUT2D eigenvalue weighted by atomic mass is 16.5. The quantitative estimate of drug-likeness (QED) is 0.529. The molecule has 37 heavy (non-hydrogen) atoms. The molecule has 1 amide bonds. The Labute approximate surface area is 215 Å². The van der Waals surface area contributed by atoms with Crippen LogP contribution >= 0.6 is 0 Å². The molecule has 2 aliphatic heterocycles. The first kappa shape index (κ1) is 23.4. The summed E-state index contributed by atoms with van der Waals surface area (Å²) in [5, 5.41) is 22.4. The van der Waals surface area contributed by atoms with E-state index in [2.05, 4.69) is 25.8 Å². The maximum Gasteiger partial charge on any atom is 0.295 e. The zero-order chi connectivity index (χ0) is 25.1. The van der Waals surface area contributed by atoms with Gasteiger partial charge in [-0.1, -0.05) is 5.16 Å². The zero-order valence-corrected chi connectivity index (χ0v) is 21.1. The lowest BCUT2D eigenvalue weighted by atomic mass is 9.52. The van der Waals surface area contributed by atoms with Gasteiger partial charge in [-0.3, -0.25) is 4.79 Å². The molecule has 4 aliphatic carbocycles. The van der Waals surface area contributed by atoms with E-state index in [1.54, 1.807) is 18.2 Å². The number of aromatic nitrogens is 3. The summed E-state index contributed by atoms with van der Waals surface area (Å²) >= 11 is 0. The van der Waals surface area contributed by atoms with E-state index in [4.69, 9.17) is 14.0 Å². The monoisotopic (exact) mass is 510 g/mol. The van der Waals surface area contributed by atoms with Gasteiger partial charge in [-0.05, 0) is 56.3 Å². The van der Waals surface area contributed by atoms with Crippen LogP contribution in [0.3, 0.4) is 0 Å². The molecule has 8 rings (SSSR count). The largest absolute Gasteiger partial charge is 0.390 e. The van der Waals surface area contributed by atoms with Crippen LogP contribution < -0.4 is 10.6 Å². The van der Waals surface area contributed by atoms with Crippen LogP contribution in [0.4, 0.5) is 11.5 Å². The second kappa shape index (κ2) is 8.92. The Morgan fingerprint density at radius 2 is 2.16 bits per heavy atom. The van der Waals surface area contributed by atoms with E-state index in [9.17, 15) is 9.90 Å². The van der Waals surface area contributed by atoms with Crippen molar-refractivity contribution in [2.24, 2.45) is 17.8 Å². The molecule has 5 fully saturated rings. The van der Waals surface area contributed by atoms with Crippen molar-refractivity contribution in [1.29, 1.82) is 0 Å². The topological polar surface area (TPSA) is 135 Å². The summed E-state index contributed by atoms with van der Waals surface area (Å²) in [4.78, 5) is 24.0. The van der Waals surface area contributed by atoms with Gasteiger partial charge in [0.2, 0.25) is 0 Å². The molecule has 198 valence electrons. The molecule has 2 aromatic rings. The fraction of sp³-hybridized carbons (Fsp3) is 0.692. The third-order valence-corrected chi connectivity index (χ3v) is 9.03. The molecule has 2 aromatic heterocycles. The summed E-state index contributed by atoms with van der Waals surface area (Å²) in [6.07, 6.45) is 7.46. The Kier molecular flexibility index (Phi) is 5.63. The van der Waals surface area contributed by atoms with Crippen molar-refractivity contribution in [2.45, 2.75) is 56.3 Å². The van der Waals surface area contributed by atoms with Crippen molar-refractivity contribution >= 4 is 17.4 Å². The van der Waals surface area contributed by atoms with E-state index in [1.165, 1.54) is 12.8 Å². The smallest absolute Gasteiger partial charge is 0.295 e. The summed E-state index contributed by atoms with van der Waals surface area (Å²) in [5.41, 5.74) is 2.32. The lowest BCUT2D eigenvalue weighted by Crippen LogP contribution is -2.59. The van der Waals surface area contributed by atoms with Crippen molar-refractivity contribution in [3.05, 3.63) is 17.6 Å². The molecular formula is C26H34N6O5. The first-order chi connectivity index (χ1) is 18.0. The standard InChI is InChI=1S/C26H34N6O5/c1-35-13-17-12-32(4-5-36-17)25(33)23-30-24(37-31-23)19-11-28-22-18(2-3-27-22)21(19)29-20-15-6-14-7-16(20)10-26(34,8-14)9-15/h11,14-17,20,34H,2-10,12-13H2,1H3,(H2,27,28,29)/t14?,15-,16+,17-,20+,26-/m0/s1. The fourth-order valence-electron chi connectivity index (χ4n) is 7.72. The second-order valence-electron chi connectivity index (χ2n) is 11.5. The van der Waals surface area contributed by atoms with Crippen LogP contribution in [-0.4, -0.2) is 88.7 Å². The first-order valence-corrected chi connectivity index (χ1v) is 13.5. The molecule has 6 atom stereocenters. The predicted octanol–water partition coefficient (Wildman–Crippen LogP) is 1.94. The van der Waals surface area contributed by atoms with Crippen molar-refractivity contribution in [3.8, 4) is 11.5 Å². The number of anilines is 2. The molecule has 4 heterocycles. The maximum atomic E-state index is 13.2. The van der Waals surface area contributed by atoms with Gasteiger partial charge in [-0.25, -0.2) is 4.98 Å². The van der Waals surface area contributed by atoms with Crippen LogP contribution in [-0.2, 0) is 15.9 Å². The van der Waals surface area contributed by atoms with Crippen molar-refractivity contribution in [1.82, 2.24) is 20.0 Å². The molecule has 1 unspecified atom stereocenters. The molecular weight excluding hydrogens is 476 g/mol. The van der Waals surface area contributed by atoms with E-state index >= 15 is 0 Å². The van der Waals surface area contributed by atoms with Gasteiger partial charge >= 0.3 is 0 Å². The molecule has 4 bridgehead atoms. The summed E-state index contributed by atoms with van der Waals surface area (Å²) in [5.74, 6) is 2.46. The Bertz CT molecular complexity index is 1180. The lowest BCUT2D eigenvalue weighted by molar-refractivity contribution is -0.129. The van der Waals surface area contributed by atoms with Crippen LogP contribution in [0.25, 0.3) is 11.5 Å². The summed E-state index contributed by atoms with van der Waals surface area (Å²) < 4.78 is 16.5. The van der Waals surface area contributed by atoms with Crippen LogP contribution in [0.2, 0.25) is 0 Å². The van der Waals surface area contributed by atoms with Crippen molar-refractivity contribution in [3.63, 3.8) is 0 Å². The number of methoxy groups -OCH3 is 1. The van der Waals surface area contributed by atoms with Crippen LogP contribution in [0.5, 0.6) is 0 Å². The first-order valence-electron chi connectivity index (χ1n) is 13.5. The predicted molar refractivity (Wildman–Crippen MR) is 133 cm³/mol. The summed E-state index contributed by atoms with van der Waals surface area (Å²) in [6.45, 7) is 2.59. The Balaban J connectivity index is 1.17. The van der Waals surface area contributed by atoms with Crippen LogP contribution in [0.15, 0.2) is 10.7 Å². The normalized spacial score (nSPS) is 33.9. The van der Waals surface area contributed by atoms with E-state index in [0.29, 0.717) is 44.1 Å². The molecule has 0 aromatic carbocycles. The maximum absolute atomic E-state index is 13.2. The summed E-state index contributed by atoms with van der Waals surface area (Å²) in [6, 6.07) is 0.290. The average Bonchev–Trinajstić information content (AvgIpc) is 3.55. The molecule has 11 nitrogen and oxygen atoms in total. The number of aliphatic hydroxyl groups is 1. The number of nitrogens with zero attached hydrogens (tertiary/aromatic N) is 4. The minimum Gasteiger partial charge on any atom is -0.390 e. The number of morpholine rings is 1. The minimum atomic E-state index is -0.483. The number of carbonyl (C=O) groups is 1. The Morgan fingerprint density at radius 3 is 2.95 bits per heavy atom. The molecule has 4 saturated carbocycles. The van der Waals surface area contributed by atoms with Crippen molar-refractivity contribution in [2.75, 3.05) is 50.6 Å². The number of hydrogen-bond donors (Lipinski definition) is 3. The van der Waals surface area contributed by atoms with Gasteiger partial charge in [0.1, 0.15) is 5.82 Å².